The van der Waals surface area contributed by atoms with Gasteiger partial charge in [0.15, 0.2) is 6.10 Å². The Kier molecular flexibility index (Phi) is 2.23. The SMILES string of the molecule is [N-]=[N+]=CC(=O)[C@H]1O[C@@H]1c1ccccc1. The van der Waals surface area contributed by atoms with Gasteiger partial charge in [-0.1, -0.05) is 30.3 Å². The van der Waals surface area contributed by atoms with E-state index in [0.717, 1.165) is 11.8 Å². The van der Waals surface area contributed by atoms with Crippen molar-refractivity contribution >= 4 is 12.0 Å². The summed E-state index contributed by atoms with van der Waals surface area (Å²) in [5, 5.41) is 0. The van der Waals surface area contributed by atoms with E-state index in [1.807, 2.05) is 30.3 Å². The molecule has 1 aliphatic rings. The van der Waals surface area contributed by atoms with Crippen LogP contribution in [0.5, 0.6) is 0 Å². The molecule has 2 atom stereocenters. The molecule has 1 saturated heterocycles. The minimum Gasteiger partial charge on any atom is -0.361 e. The Morgan fingerprint density at radius 3 is 2.79 bits per heavy atom. The Morgan fingerprint density at radius 1 is 1.43 bits per heavy atom. The number of Topliss-reactive ketones (excluding diaryl/α,β-unsaturated/α-hetero) is 1. The van der Waals surface area contributed by atoms with Gasteiger partial charge in [-0.15, -0.1) is 0 Å². The highest BCUT2D eigenvalue weighted by molar-refractivity contribution is 6.28. The molecular weight excluding hydrogens is 180 g/mol. The van der Waals surface area contributed by atoms with Crippen molar-refractivity contribution in [2.45, 2.75) is 12.2 Å². The van der Waals surface area contributed by atoms with E-state index in [-0.39, 0.29) is 11.9 Å². The van der Waals surface area contributed by atoms with Gasteiger partial charge >= 0.3 is 6.21 Å². The number of ether oxygens (including phenoxy) is 1. The maximum Gasteiger partial charge on any atom is 0.326 e. The van der Waals surface area contributed by atoms with Gasteiger partial charge in [0.2, 0.25) is 0 Å². The predicted molar refractivity (Wildman–Crippen MR) is 48.7 cm³/mol. The Morgan fingerprint density at radius 2 is 2.14 bits per heavy atom. The first kappa shape index (κ1) is 8.81. The normalized spacial score (nSPS) is 23.7. The van der Waals surface area contributed by atoms with Crippen LogP contribution < -0.4 is 0 Å². The third-order valence-electron chi connectivity index (χ3n) is 2.09. The van der Waals surface area contributed by atoms with E-state index in [1.54, 1.807) is 0 Å². The fraction of sp³-hybridized carbons (Fsp3) is 0.200. The first-order chi connectivity index (χ1) is 6.83. The van der Waals surface area contributed by atoms with Crippen molar-refractivity contribution in [2.75, 3.05) is 0 Å². The number of hydrogen-bond donors (Lipinski definition) is 0. The highest BCUT2D eigenvalue weighted by Crippen LogP contribution is 2.38. The van der Waals surface area contributed by atoms with Gasteiger partial charge in [-0.05, 0) is 5.56 Å². The molecule has 0 aromatic heterocycles. The molecule has 2 rings (SSSR count). The van der Waals surface area contributed by atoms with Crippen molar-refractivity contribution in [1.82, 2.24) is 0 Å². The molecule has 1 fully saturated rings. The van der Waals surface area contributed by atoms with Crippen LogP contribution in [0.3, 0.4) is 0 Å². The molecule has 0 N–H and O–H groups in total. The third-order valence-corrected chi connectivity index (χ3v) is 2.09. The van der Waals surface area contributed by atoms with Crippen LogP contribution >= 0.6 is 0 Å². The van der Waals surface area contributed by atoms with Crippen LogP contribution in [-0.4, -0.2) is 22.9 Å². The Hall–Kier alpha value is -1.77. The van der Waals surface area contributed by atoms with Crippen LogP contribution in [0.25, 0.3) is 5.53 Å². The molecule has 0 aliphatic carbocycles. The molecule has 0 bridgehead atoms. The zero-order valence-corrected chi connectivity index (χ0v) is 7.33. The summed E-state index contributed by atoms with van der Waals surface area (Å²) in [6.45, 7) is 0. The first-order valence-corrected chi connectivity index (χ1v) is 4.24. The summed E-state index contributed by atoms with van der Waals surface area (Å²) in [6, 6.07) is 9.47. The minimum atomic E-state index is -0.478. The smallest absolute Gasteiger partial charge is 0.326 e. The van der Waals surface area contributed by atoms with Crippen molar-refractivity contribution in [3.8, 4) is 0 Å². The van der Waals surface area contributed by atoms with Gasteiger partial charge in [-0.25, -0.2) is 0 Å². The van der Waals surface area contributed by atoms with Gasteiger partial charge in [-0.3, -0.25) is 4.79 Å². The maximum atomic E-state index is 11.2. The van der Waals surface area contributed by atoms with E-state index >= 15 is 0 Å². The highest BCUT2D eigenvalue weighted by atomic mass is 16.6. The molecule has 1 aromatic rings. The molecule has 1 aromatic carbocycles. The van der Waals surface area contributed by atoms with E-state index in [2.05, 4.69) is 4.79 Å². The average molecular weight is 188 g/mol. The van der Waals surface area contributed by atoms with Crippen molar-refractivity contribution < 1.29 is 14.3 Å². The number of carbonyl (C=O) groups excluding carboxylic acids is 1. The molecule has 1 aliphatic heterocycles. The molecule has 4 heteroatoms. The van der Waals surface area contributed by atoms with E-state index < -0.39 is 6.10 Å². The summed E-state index contributed by atoms with van der Waals surface area (Å²) in [5.41, 5.74) is 9.13. The fourth-order valence-corrected chi connectivity index (χ4v) is 1.36. The molecule has 0 saturated carbocycles. The van der Waals surface area contributed by atoms with E-state index in [1.165, 1.54) is 0 Å². The second-order valence-electron chi connectivity index (χ2n) is 3.03. The lowest BCUT2D eigenvalue weighted by Gasteiger charge is -1.91. The van der Waals surface area contributed by atoms with Crippen LogP contribution in [0.1, 0.15) is 11.7 Å². The molecular formula is C10H8N2O2. The van der Waals surface area contributed by atoms with Gasteiger partial charge in [0.1, 0.15) is 6.10 Å². The molecule has 0 spiro atoms. The van der Waals surface area contributed by atoms with Crippen LogP contribution in [0.2, 0.25) is 0 Å². The molecule has 4 nitrogen and oxygen atoms in total. The van der Waals surface area contributed by atoms with Crippen molar-refractivity contribution in [3.63, 3.8) is 0 Å². The molecule has 0 radical (unpaired) electrons. The largest absolute Gasteiger partial charge is 0.361 e. The van der Waals surface area contributed by atoms with Gasteiger partial charge in [-0.2, -0.15) is 4.79 Å². The van der Waals surface area contributed by atoms with E-state index in [0.29, 0.717) is 0 Å². The van der Waals surface area contributed by atoms with Crippen molar-refractivity contribution in [1.29, 1.82) is 0 Å². The number of ketones is 1. The van der Waals surface area contributed by atoms with Gasteiger partial charge < -0.3 is 10.3 Å². The van der Waals surface area contributed by atoms with E-state index in [9.17, 15) is 4.79 Å². The lowest BCUT2D eigenvalue weighted by atomic mass is 10.1. The number of hydrogen-bond acceptors (Lipinski definition) is 2. The molecule has 70 valence electrons. The average Bonchev–Trinajstić information content (AvgIpc) is 2.99. The summed E-state index contributed by atoms with van der Waals surface area (Å²) in [5.74, 6) is -0.304. The predicted octanol–water partition coefficient (Wildman–Crippen LogP) is 0.996. The fourth-order valence-electron chi connectivity index (χ4n) is 1.36. The van der Waals surface area contributed by atoms with Crippen molar-refractivity contribution in [3.05, 3.63) is 41.4 Å². The Bertz CT molecular complexity index is 396. The number of epoxide rings is 1. The minimum absolute atomic E-state index is 0.179. The third kappa shape index (κ3) is 1.62. The van der Waals surface area contributed by atoms with Gasteiger partial charge in [0.05, 0.1) is 0 Å². The molecule has 0 amide bonds. The summed E-state index contributed by atoms with van der Waals surface area (Å²) >= 11 is 0. The zero-order valence-electron chi connectivity index (χ0n) is 7.33. The number of carbonyl (C=O) groups is 1. The summed E-state index contributed by atoms with van der Waals surface area (Å²) in [4.78, 5) is 13.8. The van der Waals surface area contributed by atoms with Crippen molar-refractivity contribution in [2.24, 2.45) is 0 Å². The number of benzene rings is 1. The second kappa shape index (κ2) is 3.54. The van der Waals surface area contributed by atoms with Crippen LogP contribution in [0, 0.1) is 0 Å². The first-order valence-electron chi connectivity index (χ1n) is 4.24. The number of nitrogens with zero attached hydrogens (tertiary/aromatic N) is 2. The van der Waals surface area contributed by atoms with E-state index in [4.69, 9.17) is 10.3 Å². The monoisotopic (exact) mass is 188 g/mol. The summed E-state index contributed by atoms with van der Waals surface area (Å²) in [7, 11) is 0. The topological polar surface area (TPSA) is 66.0 Å². The van der Waals surface area contributed by atoms with Crippen LogP contribution in [0.4, 0.5) is 0 Å². The number of rotatable bonds is 3. The quantitative estimate of drug-likeness (QED) is 0.307. The second-order valence-corrected chi connectivity index (χ2v) is 3.03. The Labute approximate surface area is 80.7 Å². The zero-order chi connectivity index (χ0) is 9.97. The van der Waals surface area contributed by atoms with Crippen LogP contribution in [-0.2, 0) is 9.53 Å². The summed E-state index contributed by atoms with van der Waals surface area (Å²) < 4.78 is 5.17. The lowest BCUT2D eigenvalue weighted by molar-refractivity contribution is -0.117. The maximum absolute atomic E-state index is 11.2. The Balaban J connectivity index is 2.07. The molecule has 14 heavy (non-hydrogen) atoms. The van der Waals surface area contributed by atoms with Gasteiger partial charge in [0, 0.05) is 0 Å². The van der Waals surface area contributed by atoms with Crippen LogP contribution in [0.15, 0.2) is 30.3 Å². The molecule has 0 unspecified atom stereocenters. The lowest BCUT2D eigenvalue weighted by Crippen LogP contribution is -2.09. The highest BCUT2D eigenvalue weighted by Gasteiger charge is 2.46. The molecule has 1 heterocycles. The standard InChI is InChI=1S/C10H8N2O2/c11-12-6-8(13)10-9(14-10)7-4-2-1-3-5-7/h1-6,9-10H/t9-,10-/m1/s1. The summed E-state index contributed by atoms with van der Waals surface area (Å²) in [6.07, 6.45) is 0.211. The van der Waals surface area contributed by atoms with Gasteiger partial charge in [0.25, 0.3) is 5.78 Å².